The van der Waals surface area contributed by atoms with E-state index in [1.54, 1.807) is 0 Å². The van der Waals surface area contributed by atoms with Gasteiger partial charge in [0.1, 0.15) is 0 Å². The molecule has 0 radical (unpaired) electrons. The minimum Gasteiger partial charge on any atom is -0.124 e. The predicted molar refractivity (Wildman–Crippen MR) is 37.0 cm³/mol. The molecule has 0 spiro atoms. The van der Waals surface area contributed by atoms with E-state index < -0.39 is 0 Å². The van der Waals surface area contributed by atoms with Gasteiger partial charge in [0.25, 0.3) is 0 Å². The molecule has 0 aliphatic rings. The Kier molecular flexibility index (Phi) is 14.1. The van der Waals surface area contributed by atoms with Gasteiger partial charge < -0.3 is 0 Å². The summed E-state index contributed by atoms with van der Waals surface area (Å²) in [6, 6.07) is 0. The number of rotatable bonds is 0. The molecular formula is C6H15Cl. The van der Waals surface area contributed by atoms with Crippen molar-refractivity contribution in [2.75, 3.05) is 0 Å². The molecule has 1 heteroatoms. The summed E-state index contributed by atoms with van der Waals surface area (Å²) < 4.78 is 0. The minimum atomic E-state index is 0.306. The molecule has 0 aliphatic heterocycles. The van der Waals surface area contributed by atoms with Crippen molar-refractivity contribution in [1.29, 1.82) is 0 Å². The quantitative estimate of drug-likeness (QED) is 0.434. The van der Waals surface area contributed by atoms with Crippen LogP contribution in [0.5, 0.6) is 0 Å². The SMILES string of the molecule is CC(C)Cl.CCC. The third-order valence-corrected chi connectivity index (χ3v) is 0. The van der Waals surface area contributed by atoms with Gasteiger partial charge in [0.2, 0.25) is 0 Å². The van der Waals surface area contributed by atoms with E-state index in [4.69, 9.17) is 11.6 Å². The first kappa shape index (κ1) is 10.3. The average molecular weight is 123 g/mol. The highest BCUT2D eigenvalue weighted by Gasteiger charge is 1.71. The molecule has 0 heterocycles. The first-order valence-corrected chi connectivity index (χ1v) is 3.22. The summed E-state index contributed by atoms with van der Waals surface area (Å²) in [7, 11) is 0. The Morgan fingerprint density at radius 2 is 1.29 bits per heavy atom. The fourth-order valence-corrected chi connectivity index (χ4v) is 0. The number of alkyl halides is 1. The predicted octanol–water partition coefficient (Wildman–Crippen LogP) is 3.05. The van der Waals surface area contributed by atoms with Crippen LogP contribution in [0.3, 0.4) is 0 Å². The third kappa shape index (κ3) is 1380. The number of hydrogen-bond acceptors (Lipinski definition) is 0. The Balaban J connectivity index is 0. The van der Waals surface area contributed by atoms with Gasteiger partial charge in [-0.1, -0.05) is 20.3 Å². The Bertz CT molecular complexity index is 15.4. The first-order chi connectivity index (χ1) is 3.15. The Labute approximate surface area is 51.9 Å². The Hall–Kier alpha value is 0.290. The summed E-state index contributed by atoms with van der Waals surface area (Å²) >= 11 is 5.27. The number of hydrogen-bond donors (Lipinski definition) is 0. The summed E-state index contributed by atoms with van der Waals surface area (Å²) in [6.07, 6.45) is 1.25. The smallest absolute Gasteiger partial charge is 0.0279 e. The zero-order valence-corrected chi connectivity index (χ0v) is 6.42. The zero-order valence-electron chi connectivity index (χ0n) is 5.66. The highest BCUT2D eigenvalue weighted by molar-refractivity contribution is 6.20. The minimum absolute atomic E-state index is 0.306. The topological polar surface area (TPSA) is 0 Å². The van der Waals surface area contributed by atoms with E-state index in [0.717, 1.165) is 0 Å². The van der Waals surface area contributed by atoms with Crippen LogP contribution in [0, 0.1) is 0 Å². The number of halogens is 1. The lowest BCUT2D eigenvalue weighted by atomic mass is 10.6. The summed E-state index contributed by atoms with van der Waals surface area (Å²) in [5.74, 6) is 0. The average Bonchev–Trinajstić information content (AvgIpc) is 1.33. The molecule has 0 saturated heterocycles. The standard InChI is InChI=1S/C3H7Cl.C3H8/c1-3(2)4;1-3-2/h3H,1-2H3;3H2,1-2H3. The first-order valence-electron chi connectivity index (χ1n) is 2.79. The normalized spacial score (nSPS) is 7.71. The largest absolute Gasteiger partial charge is 0.124 e. The molecular weight excluding hydrogens is 108 g/mol. The van der Waals surface area contributed by atoms with E-state index in [2.05, 4.69) is 13.8 Å². The highest BCUT2D eigenvalue weighted by Crippen LogP contribution is 1.84. The van der Waals surface area contributed by atoms with E-state index in [-0.39, 0.29) is 0 Å². The molecule has 46 valence electrons. The van der Waals surface area contributed by atoms with Crippen molar-refractivity contribution in [3.05, 3.63) is 0 Å². The van der Waals surface area contributed by atoms with Crippen LogP contribution in [0.4, 0.5) is 0 Å². The molecule has 0 nitrogen and oxygen atoms in total. The van der Waals surface area contributed by atoms with Crippen LogP contribution in [0.2, 0.25) is 0 Å². The van der Waals surface area contributed by atoms with Crippen LogP contribution >= 0.6 is 11.6 Å². The van der Waals surface area contributed by atoms with Crippen LogP contribution in [0.1, 0.15) is 34.1 Å². The second-order valence-corrected chi connectivity index (χ2v) is 2.59. The molecule has 0 aromatic rings. The van der Waals surface area contributed by atoms with Crippen molar-refractivity contribution in [3.63, 3.8) is 0 Å². The maximum absolute atomic E-state index is 5.27. The van der Waals surface area contributed by atoms with Crippen LogP contribution in [0.25, 0.3) is 0 Å². The molecule has 0 amide bonds. The fraction of sp³-hybridized carbons (Fsp3) is 1.00. The van der Waals surface area contributed by atoms with E-state index in [0.29, 0.717) is 5.38 Å². The van der Waals surface area contributed by atoms with E-state index >= 15 is 0 Å². The molecule has 0 aliphatic carbocycles. The van der Waals surface area contributed by atoms with Crippen molar-refractivity contribution in [2.45, 2.75) is 39.5 Å². The van der Waals surface area contributed by atoms with Crippen molar-refractivity contribution in [2.24, 2.45) is 0 Å². The molecule has 0 rings (SSSR count). The molecule has 0 fully saturated rings. The molecule has 7 heavy (non-hydrogen) atoms. The molecule has 0 aromatic heterocycles. The van der Waals surface area contributed by atoms with Crippen molar-refractivity contribution in [3.8, 4) is 0 Å². The lowest BCUT2D eigenvalue weighted by Gasteiger charge is -1.76. The van der Waals surface area contributed by atoms with Crippen molar-refractivity contribution >= 4 is 11.6 Å². The third-order valence-electron chi connectivity index (χ3n) is 0. The van der Waals surface area contributed by atoms with Gasteiger partial charge in [0.05, 0.1) is 0 Å². The van der Waals surface area contributed by atoms with Crippen LogP contribution < -0.4 is 0 Å². The van der Waals surface area contributed by atoms with Gasteiger partial charge in [0, 0.05) is 5.38 Å². The van der Waals surface area contributed by atoms with E-state index in [1.165, 1.54) is 6.42 Å². The summed E-state index contributed by atoms with van der Waals surface area (Å²) in [5.41, 5.74) is 0. The van der Waals surface area contributed by atoms with Gasteiger partial charge in [0.15, 0.2) is 0 Å². The lowest BCUT2D eigenvalue weighted by Crippen LogP contribution is -1.70. The second-order valence-electron chi connectivity index (χ2n) is 1.72. The Morgan fingerprint density at radius 1 is 1.29 bits per heavy atom. The molecule has 0 unspecified atom stereocenters. The van der Waals surface area contributed by atoms with Crippen molar-refractivity contribution < 1.29 is 0 Å². The van der Waals surface area contributed by atoms with E-state index in [1.807, 2.05) is 13.8 Å². The zero-order chi connectivity index (χ0) is 6.28. The van der Waals surface area contributed by atoms with Gasteiger partial charge in [-0.3, -0.25) is 0 Å². The van der Waals surface area contributed by atoms with Crippen LogP contribution in [-0.4, -0.2) is 5.38 Å². The molecule has 0 saturated carbocycles. The Morgan fingerprint density at radius 3 is 1.29 bits per heavy atom. The van der Waals surface area contributed by atoms with Gasteiger partial charge in [-0.2, -0.15) is 0 Å². The van der Waals surface area contributed by atoms with Crippen LogP contribution in [0.15, 0.2) is 0 Å². The highest BCUT2D eigenvalue weighted by atomic mass is 35.5. The van der Waals surface area contributed by atoms with E-state index in [9.17, 15) is 0 Å². The maximum atomic E-state index is 5.27. The molecule has 0 bridgehead atoms. The summed E-state index contributed by atoms with van der Waals surface area (Å²) in [6.45, 7) is 8.11. The second kappa shape index (κ2) is 9.56. The maximum Gasteiger partial charge on any atom is 0.0279 e. The lowest BCUT2D eigenvalue weighted by molar-refractivity contribution is 1.09. The van der Waals surface area contributed by atoms with Gasteiger partial charge in [-0.25, -0.2) is 0 Å². The van der Waals surface area contributed by atoms with Crippen molar-refractivity contribution in [1.82, 2.24) is 0 Å². The van der Waals surface area contributed by atoms with Gasteiger partial charge in [-0.05, 0) is 13.8 Å². The van der Waals surface area contributed by atoms with Gasteiger partial charge in [-0.15, -0.1) is 11.6 Å². The van der Waals surface area contributed by atoms with Gasteiger partial charge >= 0.3 is 0 Å². The monoisotopic (exact) mass is 122 g/mol. The van der Waals surface area contributed by atoms with Crippen LogP contribution in [-0.2, 0) is 0 Å². The molecule has 0 atom stereocenters. The molecule has 0 aromatic carbocycles. The summed E-state index contributed by atoms with van der Waals surface area (Å²) in [5, 5.41) is 0.306. The molecule has 0 N–H and O–H groups in total. The fourth-order valence-electron chi connectivity index (χ4n) is 0. The summed E-state index contributed by atoms with van der Waals surface area (Å²) in [4.78, 5) is 0.